The molecular weight excluding hydrogens is 268 g/mol. The lowest BCUT2D eigenvalue weighted by atomic mass is 9.82. The Kier molecular flexibility index (Phi) is 3.58. The molecule has 4 nitrogen and oxygen atoms in total. The van der Waals surface area contributed by atoms with Crippen molar-refractivity contribution in [2.45, 2.75) is 51.4 Å². The van der Waals surface area contributed by atoms with Crippen LogP contribution in [0.5, 0.6) is 0 Å². The summed E-state index contributed by atoms with van der Waals surface area (Å²) in [5.74, 6) is 0.721. The van der Waals surface area contributed by atoms with E-state index in [9.17, 15) is 0 Å². The zero-order valence-corrected chi connectivity index (χ0v) is 12.7. The fourth-order valence-corrected chi connectivity index (χ4v) is 3.67. The van der Waals surface area contributed by atoms with Crippen LogP contribution in [-0.2, 0) is 6.42 Å². The number of rotatable bonds is 3. The maximum Gasteiger partial charge on any atom is 0.210 e. The van der Waals surface area contributed by atoms with Crippen molar-refractivity contribution in [3.63, 3.8) is 0 Å². The molecule has 3 rings (SSSR count). The predicted octanol–water partition coefficient (Wildman–Crippen LogP) is 3.79. The minimum atomic E-state index is 0.342. The van der Waals surface area contributed by atoms with Gasteiger partial charge in [-0.1, -0.05) is 13.8 Å². The van der Waals surface area contributed by atoms with Crippen LogP contribution in [0.4, 0.5) is 0 Å². The van der Waals surface area contributed by atoms with E-state index in [-0.39, 0.29) is 0 Å². The zero-order valence-electron chi connectivity index (χ0n) is 11.8. The Morgan fingerprint density at radius 1 is 1.55 bits per heavy atom. The molecule has 2 aromatic heterocycles. The van der Waals surface area contributed by atoms with Crippen LogP contribution in [-0.4, -0.2) is 14.8 Å². The highest BCUT2D eigenvalue weighted by Gasteiger charge is 2.30. The molecule has 1 unspecified atom stereocenters. The first-order chi connectivity index (χ1) is 9.72. The Labute approximate surface area is 123 Å². The molecule has 0 bridgehead atoms. The minimum Gasteiger partial charge on any atom is -0.227 e. The lowest BCUT2D eigenvalue weighted by molar-refractivity contribution is 0.546. The summed E-state index contributed by atoms with van der Waals surface area (Å²) in [5.41, 5.74) is 3.74. The summed E-state index contributed by atoms with van der Waals surface area (Å²) < 4.78 is 2.01. The molecule has 2 aromatic rings. The van der Waals surface area contributed by atoms with Gasteiger partial charge in [-0.2, -0.15) is 10.4 Å². The van der Waals surface area contributed by atoms with Crippen LogP contribution in [0.3, 0.4) is 0 Å². The number of hydrogen-bond donors (Lipinski definition) is 0. The van der Waals surface area contributed by atoms with Crippen molar-refractivity contribution in [3.8, 4) is 11.2 Å². The van der Waals surface area contributed by atoms with Gasteiger partial charge in [0.15, 0.2) is 0 Å². The Balaban J connectivity index is 2.16. The van der Waals surface area contributed by atoms with Crippen LogP contribution >= 0.6 is 11.3 Å². The van der Waals surface area contributed by atoms with Gasteiger partial charge in [0.25, 0.3) is 0 Å². The molecule has 20 heavy (non-hydrogen) atoms. The summed E-state index contributed by atoms with van der Waals surface area (Å²) in [6, 6.07) is 2.34. The average molecular weight is 286 g/mol. The summed E-state index contributed by atoms with van der Waals surface area (Å²) >= 11 is 1.61. The molecule has 0 spiro atoms. The number of aromatic nitrogens is 3. The fraction of sp³-hybridized carbons (Fsp3) is 0.533. The van der Waals surface area contributed by atoms with E-state index in [1.54, 1.807) is 11.3 Å². The molecule has 5 heteroatoms. The van der Waals surface area contributed by atoms with Crippen molar-refractivity contribution in [3.05, 3.63) is 28.5 Å². The normalized spacial score (nSPS) is 18.0. The molecule has 0 amide bonds. The molecule has 0 radical (unpaired) electrons. The van der Waals surface area contributed by atoms with Crippen molar-refractivity contribution in [1.82, 2.24) is 14.8 Å². The largest absolute Gasteiger partial charge is 0.227 e. The molecule has 0 fully saturated rings. The third-order valence-electron chi connectivity index (χ3n) is 3.91. The highest BCUT2D eigenvalue weighted by Crippen LogP contribution is 2.39. The Bertz CT molecular complexity index is 634. The van der Waals surface area contributed by atoms with Crippen LogP contribution in [0.2, 0.25) is 0 Å². The molecule has 2 heterocycles. The highest BCUT2D eigenvalue weighted by atomic mass is 32.1. The van der Waals surface area contributed by atoms with E-state index >= 15 is 0 Å². The third kappa shape index (κ3) is 2.14. The maximum absolute atomic E-state index is 9.08. The summed E-state index contributed by atoms with van der Waals surface area (Å²) in [6.45, 7) is 4.35. The molecule has 0 saturated carbocycles. The number of fused-ring (bicyclic) bond motifs is 1. The van der Waals surface area contributed by atoms with Crippen LogP contribution in [0.25, 0.3) is 5.13 Å². The molecule has 104 valence electrons. The Morgan fingerprint density at radius 2 is 2.40 bits per heavy atom. The third-order valence-corrected chi connectivity index (χ3v) is 4.66. The van der Waals surface area contributed by atoms with Crippen molar-refractivity contribution in [2.75, 3.05) is 0 Å². The number of nitriles is 1. The summed E-state index contributed by atoms with van der Waals surface area (Å²) in [7, 11) is 0. The maximum atomic E-state index is 9.08. The van der Waals surface area contributed by atoms with Gasteiger partial charge in [0.05, 0.1) is 17.5 Å². The van der Waals surface area contributed by atoms with Crippen molar-refractivity contribution in [1.29, 1.82) is 5.26 Å². The van der Waals surface area contributed by atoms with Crippen LogP contribution < -0.4 is 0 Å². The number of nitrogens with zero attached hydrogens (tertiary/aromatic N) is 4. The first-order valence-electron chi connectivity index (χ1n) is 7.11. The second-order valence-corrected chi connectivity index (χ2v) is 6.45. The van der Waals surface area contributed by atoms with Gasteiger partial charge in [0.2, 0.25) is 5.13 Å². The summed E-state index contributed by atoms with van der Waals surface area (Å²) in [6.07, 6.45) is 5.68. The van der Waals surface area contributed by atoms with E-state index in [4.69, 9.17) is 10.4 Å². The SMILES string of the molecule is CC(C)c1nn(-c2nccs2)c2c1C(CC#N)CCC2. The van der Waals surface area contributed by atoms with Gasteiger partial charge in [0.1, 0.15) is 0 Å². The van der Waals surface area contributed by atoms with E-state index in [0.717, 1.165) is 30.1 Å². The van der Waals surface area contributed by atoms with Crippen molar-refractivity contribution in [2.24, 2.45) is 0 Å². The van der Waals surface area contributed by atoms with Crippen LogP contribution in [0, 0.1) is 11.3 Å². The summed E-state index contributed by atoms with van der Waals surface area (Å²) in [5, 5.41) is 16.8. The van der Waals surface area contributed by atoms with Gasteiger partial charge in [0, 0.05) is 29.5 Å². The molecule has 0 aromatic carbocycles. The van der Waals surface area contributed by atoms with Gasteiger partial charge >= 0.3 is 0 Å². The molecular formula is C15H18N4S. The minimum absolute atomic E-state index is 0.342. The zero-order chi connectivity index (χ0) is 14.1. The molecule has 0 aliphatic heterocycles. The second-order valence-electron chi connectivity index (χ2n) is 5.58. The topological polar surface area (TPSA) is 54.5 Å². The lowest BCUT2D eigenvalue weighted by Crippen LogP contribution is -2.12. The van der Waals surface area contributed by atoms with Crippen LogP contribution in [0.15, 0.2) is 11.6 Å². The average Bonchev–Trinajstić information content (AvgIpc) is 3.06. The fourth-order valence-electron chi connectivity index (χ4n) is 3.05. The van der Waals surface area contributed by atoms with Crippen molar-refractivity contribution < 1.29 is 0 Å². The first-order valence-corrected chi connectivity index (χ1v) is 7.98. The monoisotopic (exact) mass is 286 g/mol. The lowest BCUT2D eigenvalue weighted by Gasteiger charge is -2.22. The predicted molar refractivity (Wildman–Crippen MR) is 79.2 cm³/mol. The van der Waals surface area contributed by atoms with E-state index in [1.807, 2.05) is 16.3 Å². The van der Waals surface area contributed by atoms with E-state index in [0.29, 0.717) is 18.3 Å². The van der Waals surface area contributed by atoms with Crippen LogP contribution in [0.1, 0.15) is 61.9 Å². The van der Waals surface area contributed by atoms with E-state index in [1.165, 1.54) is 11.3 Å². The first kappa shape index (κ1) is 13.3. The van der Waals surface area contributed by atoms with Gasteiger partial charge in [-0.3, -0.25) is 0 Å². The number of hydrogen-bond acceptors (Lipinski definition) is 4. The van der Waals surface area contributed by atoms with Gasteiger partial charge in [-0.25, -0.2) is 9.67 Å². The van der Waals surface area contributed by atoms with E-state index < -0.39 is 0 Å². The quantitative estimate of drug-likeness (QED) is 0.862. The standard InChI is InChI=1S/C15H18N4S/c1-10(2)14-13-11(6-7-16)4-3-5-12(13)19(18-14)15-17-8-9-20-15/h8-11H,3-6H2,1-2H3. The second kappa shape index (κ2) is 5.37. The van der Waals surface area contributed by atoms with Gasteiger partial charge in [-0.05, 0) is 25.2 Å². The van der Waals surface area contributed by atoms with Crippen molar-refractivity contribution >= 4 is 11.3 Å². The summed E-state index contributed by atoms with van der Waals surface area (Å²) in [4.78, 5) is 4.39. The molecule has 1 aliphatic carbocycles. The number of thiazole rings is 1. The highest BCUT2D eigenvalue weighted by molar-refractivity contribution is 7.12. The molecule has 1 aliphatic rings. The Morgan fingerprint density at radius 3 is 3.05 bits per heavy atom. The van der Waals surface area contributed by atoms with Gasteiger partial charge in [-0.15, -0.1) is 11.3 Å². The smallest absolute Gasteiger partial charge is 0.210 e. The van der Waals surface area contributed by atoms with Gasteiger partial charge < -0.3 is 0 Å². The van der Waals surface area contributed by atoms with E-state index in [2.05, 4.69) is 24.9 Å². The molecule has 1 atom stereocenters. The molecule has 0 N–H and O–H groups in total. The Hall–Kier alpha value is -1.67. The molecule has 0 saturated heterocycles.